The molecule has 0 aliphatic rings. The van der Waals surface area contributed by atoms with E-state index in [0.29, 0.717) is 24.3 Å². The number of hydrogen-bond donors (Lipinski definition) is 2. The topological polar surface area (TPSA) is 105 Å². The molecular weight excluding hydrogens is 392 g/mol. The van der Waals surface area contributed by atoms with Gasteiger partial charge < -0.3 is 10.6 Å². The Morgan fingerprint density at radius 2 is 1.69 bits per heavy atom. The van der Waals surface area contributed by atoms with Gasteiger partial charge >= 0.3 is 0 Å². The lowest BCUT2D eigenvalue weighted by atomic mass is 10.1. The minimum Gasteiger partial charge on any atom is -0.383 e. The summed E-state index contributed by atoms with van der Waals surface area (Å²) in [4.78, 5) is 11.0. The Labute approximate surface area is 172 Å². The van der Waals surface area contributed by atoms with E-state index in [9.17, 15) is 18.5 Å². The van der Waals surface area contributed by atoms with E-state index in [1.54, 1.807) is 50.2 Å². The lowest BCUT2D eigenvalue weighted by Gasteiger charge is -2.20. The van der Waals surface area contributed by atoms with Gasteiger partial charge in [-0.25, -0.2) is 8.42 Å². The number of sulfonamides is 1. The Morgan fingerprint density at radius 1 is 1.00 bits per heavy atom. The summed E-state index contributed by atoms with van der Waals surface area (Å²) in [5, 5.41) is 17.7. The number of rotatable bonds is 11. The third-order valence-electron chi connectivity index (χ3n) is 4.56. The highest BCUT2D eigenvalue weighted by atomic mass is 32.2. The summed E-state index contributed by atoms with van der Waals surface area (Å²) < 4.78 is 27.2. The zero-order chi connectivity index (χ0) is 21.4. The first-order valence-corrected chi connectivity index (χ1v) is 11.1. The van der Waals surface area contributed by atoms with Gasteiger partial charge in [0.25, 0.3) is 5.69 Å². The molecule has 0 atom stereocenters. The van der Waals surface area contributed by atoms with Crippen LogP contribution in [0.15, 0.2) is 47.4 Å². The van der Waals surface area contributed by atoms with Crippen LogP contribution in [0.25, 0.3) is 0 Å². The summed E-state index contributed by atoms with van der Waals surface area (Å²) in [5.74, 6) is 0. The van der Waals surface area contributed by atoms with E-state index < -0.39 is 14.9 Å². The zero-order valence-corrected chi connectivity index (χ0v) is 17.8. The van der Waals surface area contributed by atoms with E-state index in [2.05, 4.69) is 10.6 Å². The maximum absolute atomic E-state index is 12.9. The average molecular weight is 421 g/mol. The van der Waals surface area contributed by atoms with Gasteiger partial charge in [0.1, 0.15) is 0 Å². The number of nitrogens with zero attached hydrogens (tertiary/aromatic N) is 2. The highest BCUT2D eigenvalue weighted by Gasteiger charge is 2.23. The van der Waals surface area contributed by atoms with Crippen molar-refractivity contribution in [3.63, 3.8) is 0 Å². The third-order valence-corrected chi connectivity index (χ3v) is 6.60. The van der Waals surface area contributed by atoms with Crippen molar-refractivity contribution in [2.75, 3.05) is 30.3 Å². The smallest absolute Gasteiger partial charge is 0.274 e. The van der Waals surface area contributed by atoms with Gasteiger partial charge in [-0.3, -0.25) is 10.1 Å². The summed E-state index contributed by atoms with van der Waals surface area (Å²) in [7, 11) is -3.61. The number of benzene rings is 2. The molecule has 0 fully saturated rings. The number of anilines is 2. The molecule has 0 spiro atoms. The quantitative estimate of drug-likeness (QED) is 0.420. The SMILES string of the molecule is CCCNc1ccc(S(=O)(=O)N(CC)CC)cc1NCc1ccccc1[N+](=O)[O-]. The molecule has 158 valence electrons. The van der Waals surface area contributed by atoms with Crippen LogP contribution in [0.3, 0.4) is 0 Å². The number of nitro benzene ring substituents is 1. The second kappa shape index (κ2) is 10.2. The van der Waals surface area contributed by atoms with Crippen LogP contribution in [0.4, 0.5) is 17.1 Å². The Morgan fingerprint density at radius 3 is 2.31 bits per heavy atom. The zero-order valence-electron chi connectivity index (χ0n) is 17.0. The predicted molar refractivity (Wildman–Crippen MR) is 116 cm³/mol. The van der Waals surface area contributed by atoms with E-state index in [4.69, 9.17) is 0 Å². The minimum absolute atomic E-state index is 0.0231. The molecule has 2 aromatic rings. The maximum atomic E-state index is 12.9. The largest absolute Gasteiger partial charge is 0.383 e. The van der Waals surface area contributed by atoms with Crippen LogP contribution in [0.2, 0.25) is 0 Å². The van der Waals surface area contributed by atoms with Crippen molar-refractivity contribution in [1.82, 2.24) is 4.31 Å². The molecule has 0 bridgehead atoms. The first kappa shape index (κ1) is 22.6. The molecule has 2 rings (SSSR count). The van der Waals surface area contributed by atoms with E-state index in [0.717, 1.165) is 18.7 Å². The van der Waals surface area contributed by atoms with E-state index in [1.165, 1.54) is 10.4 Å². The number of para-hydroxylation sites is 1. The average Bonchev–Trinajstić information content (AvgIpc) is 2.71. The van der Waals surface area contributed by atoms with Crippen molar-refractivity contribution < 1.29 is 13.3 Å². The summed E-state index contributed by atoms with van der Waals surface area (Å²) in [6.07, 6.45) is 0.906. The van der Waals surface area contributed by atoms with Crippen molar-refractivity contribution >= 4 is 27.1 Å². The van der Waals surface area contributed by atoms with Gasteiger partial charge in [0, 0.05) is 37.8 Å². The molecule has 0 aromatic heterocycles. The molecule has 0 unspecified atom stereocenters. The molecule has 0 amide bonds. The van der Waals surface area contributed by atoms with Crippen molar-refractivity contribution in [3.8, 4) is 0 Å². The Hall–Kier alpha value is -2.65. The van der Waals surface area contributed by atoms with Crippen molar-refractivity contribution in [1.29, 1.82) is 0 Å². The summed E-state index contributed by atoms with van der Waals surface area (Å²) in [6, 6.07) is 11.4. The molecule has 29 heavy (non-hydrogen) atoms. The summed E-state index contributed by atoms with van der Waals surface area (Å²) in [6.45, 7) is 7.32. The van der Waals surface area contributed by atoms with Crippen LogP contribution in [-0.2, 0) is 16.6 Å². The maximum Gasteiger partial charge on any atom is 0.274 e. The number of nitrogens with one attached hydrogen (secondary N) is 2. The Kier molecular flexibility index (Phi) is 7.98. The van der Waals surface area contributed by atoms with Gasteiger partial charge in [0.15, 0.2) is 0 Å². The summed E-state index contributed by atoms with van der Waals surface area (Å²) in [5.41, 5.74) is 1.89. The van der Waals surface area contributed by atoms with E-state index in [-0.39, 0.29) is 17.1 Å². The van der Waals surface area contributed by atoms with Gasteiger partial charge in [-0.2, -0.15) is 4.31 Å². The standard InChI is InChI=1S/C20H28N4O4S/c1-4-13-21-18-12-11-17(29(27,28)23(5-2)6-3)14-19(18)22-15-16-9-7-8-10-20(16)24(25)26/h7-12,14,21-22H,4-6,13,15H2,1-3H3. The van der Waals surface area contributed by atoms with Gasteiger partial charge in [0.2, 0.25) is 10.0 Å². The number of hydrogen-bond acceptors (Lipinski definition) is 6. The van der Waals surface area contributed by atoms with Crippen LogP contribution in [0, 0.1) is 10.1 Å². The van der Waals surface area contributed by atoms with Gasteiger partial charge in [-0.1, -0.05) is 39.0 Å². The first-order valence-electron chi connectivity index (χ1n) is 9.69. The molecule has 0 aliphatic heterocycles. The lowest BCUT2D eigenvalue weighted by Crippen LogP contribution is -2.30. The second-order valence-electron chi connectivity index (χ2n) is 6.46. The van der Waals surface area contributed by atoms with Crippen molar-refractivity contribution in [3.05, 3.63) is 58.1 Å². The number of nitro groups is 1. The normalized spacial score (nSPS) is 11.4. The van der Waals surface area contributed by atoms with Gasteiger partial charge in [0.05, 0.1) is 21.2 Å². The molecule has 2 N–H and O–H groups in total. The van der Waals surface area contributed by atoms with Crippen LogP contribution >= 0.6 is 0 Å². The molecule has 0 saturated carbocycles. The molecule has 8 nitrogen and oxygen atoms in total. The second-order valence-corrected chi connectivity index (χ2v) is 8.40. The van der Waals surface area contributed by atoms with Crippen molar-refractivity contribution in [2.24, 2.45) is 0 Å². The monoisotopic (exact) mass is 420 g/mol. The highest BCUT2D eigenvalue weighted by molar-refractivity contribution is 7.89. The van der Waals surface area contributed by atoms with Gasteiger partial charge in [-0.05, 0) is 24.6 Å². The molecule has 2 aromatic carbocycles. The highest BCUT2D eigenvalue weighted by Crippen LogP contribution is 2.29. The molecule has 0 heterocycles. The fourth-order valence-corrected chi connectivity index (χ4v) is 4.47. The van der Waals surface area contributed by atoms with E-state index in [1.807, 2.05) is 6.92 Å². The first-order chi connectivity index (χ1) is 13.8. The fraction of sp³-hybridized carbons (Fsp3) is 0.400. The van der Waals surface area contributed by atoms with Crippen LogP contribution in [-0.4, -0.2) is 37.3 Å². The van der Waals surface area contributed by atoms with Crippen molar-refractivity contribution in [2.45, 2.75) is 38.6 Å². The Balaban J connectivity index is 2.39. The molecule has 0 saturated heterocycles. The van der Waals surface area contributed by atoms with E-state index >= 15 is 0 Å². The van der Waals surface area contributed by atoms with Crippen LogP contribution < -0.4 is 10.6 Å². The third kappa shape index (κ3) is 5.45. The molecule has 9 heteroatoms. The summed E-state index contributed by atoms with van der Waals surface area (Å²) >= 11 is 0. The molecule has 0 aliphatic carbocycles. The fourth-order valence-electron chi connectivity index (χ4n) is 2.99. The molecular formula is C20H28N4O4S. The van der Waals surface area contributed by atoms with Gasteiger partial charge in [-0.15, -0.1) is 0 Å². The Bertz CT molecular complexity index is 943. The minimum atomic E-state index is -3.61. The predicted octanol–water partition coefficient (Wildman–Crippen LogP) is 4.06. The lowest BCUT2D eigenvalue weighted by molar-refractivity contribution is -0.385. The molecule has 0 radical (unpaired) electrons. The van der Waals surface area contributed by atoms with Crippen LogP contribution in [0.1, 0.15) is 32.8 Å². The van der Waals surface area contributed by atoms with Crippen LogP contribution in [0.5, 0.6) is 0 Å².